The van der Waals surface area contributed by atoms with E-state index in [0.717, 1.165) is 128 Å². The van der Waals surface area contributed by atoms with Crippen LogP contribution in [-0.4, -0.2) is 70.0 Å². The maximum atomic E-state index is 12.8. The second-order valence-corrected chi connectivity index (χ2v) is 21.7. The molecule has 0 heterocycles. The summed E-state index contributed by atoms with van der Waals surface area (Å²) in [6.07, 6.45) is 81.7. The van der Waals surface area contributed by atoms with Crippen molar-refractivity contribution in [3.8, 4) is 0 Å². The van der Waals surface area contributed by atoms with Gasteiger partial charge >= 0.3 is 11.9 Å². The van der Waals surface area contributed by atoms with Gasteiger partial charge in [0, 0.05) is 12.8 Å². The predicted molar refractivity (Wildman–Crippen MR) is 323 cm³/mol. The number of nitrogens with zero attached hydrogens (tertiary/aromatic N) is 1. The maximum Gasteiger partial charge on any atom is 0.306 e. The normalized spacial score (nSPS) is 14.3. The molecule has 0 aromatic carbocycles. The lowest BCUT2D eigenvalue weighted by molar-refractivity contribution is -0.870. The van der Waals surface area contributed by atoms with Crippen LogP contribution in [0.4, 0.5) is 0 Å². The summed E-state index contributed by atoms with van der Waals surface area (Å²) in [7, 11) is 1.12. The molecule has 0 aliphatic heterocycles. The summed E-state index contributed by atoms with van der Waals surface area (Å²) in [6, 6.07) is 0. The first-order valence-corrected chi connectivity index (χ1v) is 31.0. The molecule has 0 N–H and O–H groups in total. The molecule has 0 aliphatic rings. The lowest BCUT2D eigenvalue weighted by atomic mass is 10.1. The van der Waals surface area contributed by atoms with Crippen LogP contribution >= 0.6 is 7.82 Å². The van der Waals surface area contributed by atoms with Crippen LogP contribution in [0.15, 0.2) is 146 Å². The zero-order chi connectivity index (χ0) is 55.6. The Labute approximate surface area is 465 Å². The fourth-order valence-electron chi connectivity index (χ4n) is 7.37. The Morgan fingerprint density at radius 2 is 0.711 bits per heavy atom. The minimum absolute atomic E-state index is 0.0456. The van der Waals surface area contributed by atoms with Crippen molar-refractivity contribution in [1.82, 2.24) is 0 Å². The van der Waals surface area contributed by atoms with Crippen LogP contribution in [-0.2, 0) is 32.7 Å². The zero-order valence-electron chi connectivity index (χ0n) is 48.6. The first kappa shape index (κ1) is 71.9. The number of esters is 2. The molecule has 430 valence electrons. The third kappa shape index (κ3) is 59.1. The first-order valence-electron chi connectivity index (χ1n) is 29.5. The number of carbonyl (C=O) groups is 2. The number of allylic oxidation sites excluding steroid dienone is 24. The molecule has 0 aromatic heterocycles. The number of ether oxygens (including phenoxy) is 2. The summed E-state index contributed by atoms with van der Waals surface area (Å²) in [5, 5.41) is 0. The number of quaternary nitrogens is 1. The van der Waals surface area contributed by atoms with Crippen molar-refractivity contribution in [3.05, 3.63) is 146 Å². The van der Waals surface area contributed by atoms with E-state index in [4.69, 9.17) is 18.5 Å². The molecular weight excluding hydrogens is 966 g/mol. The largest absolute Gasteiger partial charge is 0.756 e. The van der Waals surface area contributed by atoms with Gasteiger partial charge < -0.3 is 27.9 Å². The Kier molecular flexibility index (Phi) is 52.6. The minimum atomic E-state index is -4.66. The molecule has 0 bridgehead atoms. The number of hydrogen-bond donors (Lipinski definition) is 0. The summed E-state index contributed by atoms with van der Waals surface area (Å²) < 4.78 is 34.1. The smallest absolute Gasteiger partial charge is 0.306 e. The summed E-state index contributed by atoms with van der Waals surface area (Å²) in [5.41, 5.74) is 0. The Bertz CT molecular complexity index is 1790. The van der Waals surface area contributed by atoms with Gasteiger partial charge in [-0.25, -0.2) is 0 Å². The number of phosphoric ester groups is 1. The molecule has 76 heavy (non-hydrogen) atoms. The topological polar surface area (TPSA) is 111 Å². The average Bonchev–Trinajstić information content (AvgIpc) is 3.38. The highest BCUT2D eigenvalue weighted by Crippen LogP contribution is 2.38. The lowest BCUT2D eigenvalue weighted by Crippen LogP contribution is -2.37. The summed E-state index contributed by atoms with van der Waals surface area (Å²) >= 11 is 0. The van der Waals surface area contributed by atoms with Gasteiger partial charge in [0.1, 0.15) is 19.8 Å². The molecule has 0 aromatic rings. The van der Waals surface area contributed by atoms with E-state index in [1.54, 1.807) is 0 Å². The van der Waals surface area contributed by atoms with E-state index >= 15 is 0 Å². The SMILES string of the molecule is CC/C=C\C/C=C\C/C=C\C/C=C\C/C=C\C/C=C\C/C=C\C/C=C\CCCCCCC(=O)OC(COC(=O)CCCCCCCCCCCC/C=C\C/C=C\C/C=C\C/C=C\CC)COP(=O)([O-])OCC[N+](C)(C)C. The quantitative estimate of drug-likeness (QED) is 0.0195. The van der Waals surface area contributed by atoms with Crippen molar-refractivity contribution in [3.63, 3.8) is 0 Å². The van der Waals surface area contributed by atoms with E-state index in [1.807, 2.05) is 21.1 Å². The van der Waals surface area contributed by atoms with Gasteiger partial charge in [0.2, 0.25) is 0 Å². The van der Waals surface area contributed by atoms with Gasteiger partial charge in [-0.1, -0.05) is 224 Å². The standard InChI is InChI=1S/C66H108NO8P/c1-6-8-10-12-14-16-18-20-22-24-26-28-30-31-32-33-34-35-37-39-41-43-45-47-49-51-53-55-57-59-66(69)75-64(63-74-76(70,71)73-61-60-67(3,4)5)62-72-65(68)58-56-54-52-50-48-46-44-42-40-38-36-29-27-25-23-21-19-17-15-13-11-9-7-2/h8-11,14-17,20-23,26-29,31-32,34-35,39,41,45,47,64H,6-7,12-13,18-19,24-25,30,33,36-38,40,42-44,46,48-63H2,1-5H3/b10-8-,11-9-,16-14-,17-15-,22-20-,23-21-,28-26-,29-27-,32-31-,35-34-,41-39-,47-45-. The highest BCUT2D eigenvalue weighted by atomic mass is 31.2. The second-order valence-electron chi connectivity index (χ2n) is 20.2. The Morgan fingerprint density at radius 3 is 1.05 bits per heavy atom. The van der Waals surface area contributed by atoms with Crippen molar-refractivity contribution in [1.29, 1.82) is 0 Å². The minimum Gasteiger partial charge on any atom is -0.756 e. The summed E-state index contributed by atoms with van der Waals surface area (Å²) in [5.74, 6) is -0.879. The number of carbonyl (C=O) groups excluding carboxylic acids is 2. The van der Waals surface area contributed by atoms with E-state index in [9.17, 15) is 19.0 Å². The van der Waals surface area contributed by atoms with Gasteiger partial charge in [0.25, 0.3) is 7.82 Å². The van der Waals surface area contributed by atoms with E-state index in [0.29, 0.717) is 23.9 Å². The van der Waals surface area contributed by atoms with Crippen molar-refractivity contribution in [2.45, 2.75) is 213 Å². The zero-order valence-corrected chi connectivity index (χ0v) is 49.5. The van der Waals surface area contributed by atoms with Crippen LogP contribution in [0.25, 0.3) is 0 Å². The van der Waals surface area contributed by atoms with Crippen LogP contribution in [0.3, 0.4) is 0 Å². The molecule has 0 saturated heterocycles. The number of hydrogen-bond acceptors (Lipinski definition) is 8. The molecule has 9 nitrogen and oxygen atoms in total. The van der Waals surface area contributed by atoms with Crippen LogP contribution < -0.4 is 4.89 Å². The monoisotopic (exact) mass is 1070 g/mol. The van der Waals surface area contributed by atoms with Gasteiger partial charge in [-0.2, -0.15) is 0 Å². The molecule has 0 spiro atoms. The Balaban J connectivity index is 4.28. The van der Waals surface area contributed by atoms with Crippen molar-refractivity contribution in [2.75, 3.05) is 47.5 Å². The van der Waals surface area contributed by atoms with Gasteiger partial charge in [-0.3, -0.25) is 14.2 Å². The maximum absolute atomic E-state index is 12.8. The Hall–Kier alpha value is -4.11. The molecular formula is C66H108NO8P. The third-order valence-electron chi connectivity index (χ3n) is 11.9. The van der Waals surface area contributed by atoms with Gasteiger partial charge in [-0.05, 0) is 116 Å². The van der Waals surface area contributed by atoms with E-state index in [-0.39, 0.29) is 26.1 Å². The fraction of sp³-hybridized carbons (Fsp3) is 0.606. The van der Waals surface area contributed by atoms with Crippen molar-refractivity contribution < 1.29 is 42.1 Å². The molecule has 10 heteroatoms. The van der Waals surface area contributed by atoms with Crippen LogP contribution in [0.2, 0.25) is 0 Å². The molecule has 0 rings (SSSR count). The van der Waals surface area contributed by atoms with Crippen LogP contribution in [0.5, 0.6) is 0 Å². The molecule has 0 amide bonds. The van der Waals surface area contributed by atoms with Crippen LogP contribution in [0.1, 0.15) is 206 Å². The van der Waals surface area contributed by atoms with E-state index < -0.39 is 32.5 Å². The number of phosphoric acid groups is 1. The van der Waals surface area contributed by atoms with E-state index in [2.05, 4.69) is 160 Å². The van der Waals surface area contributed by atoms with Crippen molar-refractivity contribution in [2.24, 2.45) is 0 Å². The van der Waals surface area contributed by atoms with Gasteiger partial charge in [0.05, 0.1) is 27.7 Å². The lowest BCUT2D eigenvalue weighted by Gasteiger charge is -2.28. The summed E-state index contributed by atoms with van der Waals surface area (Å²) in [6.45, 7) is 3.96. The average molecular weight is 1070 g/mol. The molecule has 0 radical (unpaired) electrons. The molecule has 0 saturated carbocycles. The third-order valence-corrected chi connectivity index (χ3v) is 12.8. The van der Waals surface area contributed by atoms with Gasteiger partial charge in [-0.15, -0.1) is 0 Å². The van der Waals surface area contributed by atoms with Gasteiger partial charge in [0.15, 0.2) is 6.10 Å². The highest BCUT2D eigenvalue weighted by molar-refractivity contribution is 7.45. The number of likely N-dealkylation sites (N-methyl/N-ethyl adjacent to an activating group) is 1. The highest BCUT2D eigenvalue weighted by Gasteiger charge is 2.21. The van der Waals surface area contributed by atoms with E-state index in [1.165, 1.54) is 38.5 Å². The first-order chi connectivity index (χ1) is 37.0. The summed E-state index contributed by atoms with van der Waals surface area (Å²) in [4.78, 5) is 37.9. The second kappa shape index (κ2) is 55.6. The Morgan fingerprint density at radius 1 is 0.408 bits per heavy atom. The molecule has 2 atom stereocenters. The van der Waals surface area contributed by atoms with Crippen LogP contribution in [0, 0.1) is 0 Å². The molecule has 0 fully saturated rings. The number of rotatable bonds is 52. The molecule has 2 unspecified atom stereocenters. The number of unbranched alkanes of at least 4 members (excludes halogenated alkanes) is 14. The fourth-order valence-corrected chi connectivity index (χ4v) is 8.10. The predicted octanol–water partition coefficient (Wildman–Crippen LogP) is 18.1. The van der Waals surface area contributed by atoms with Crippen molar-refractivity contribution >= 4 is 19.8 Å². The molecule has 0 aliphatic carbocycles.